The summed E-state index contributed by atoms with van der Waals surface area (Å²) in [6.45, 7) is 5.64. The summed E-state index contributed by atoms with van der Waals surface area (Å²) < 4.78 is 0. The third kappa shape index (κ3) is 2.82. The zero-order valence-corrected chi connectivity index (χ0v) is 13.9. The lowest BCUT2D eigenvalue weighted by Crippen LogP contribution is -2.21. The maximum atomic E-state index is 12.6. The molecule has 0 radical (unpaired) electrons. The zero-order chi connectivity index (χ0) is 16.8. The Labute approximate surface area is 137 Å². The predicted octanol–water partition coefficient (Wildman–Crippen LogP) is 3.46. The lowest BCUT2D eigenvalue weighted by Gasteiger charge is -2.17. The third-order valence-electron chi connectivity index (χ3n) is 3.63. The van der Waals surface area contributed by atoms with Gasteiger partial charge in [0.15, 0.2) is 5.78 Å². The van der Waals surface area contributed by atoms with E-state index in [1.165, 1.54) is 11.3 Å². The average Bonchev–Trinajstić information content (AvgIpc) is 3.12. The number of carboxylic acids is 1. The monoisotopic (exact) mass is 328 g/mol. The molecule has 23 heavy (non-hydrogen) atoms. The van der Waals surface area contributed by atoms with E-state index in [1.807, 2.05) is 26.8 Å². The first-order valence-corrected chi connectivity index (χ1v) is 8.09. The molecule has 2 aromatic rings. The van der Waals surface area contributed by atoms with Crippen LogP contribution >= 0.6 is 11.3 Å². The molecule has 2 heterocycles. The normalized spacial score (nSPS) is 13.6. The molecule has 0 aromatic carbocycles. The van der Waals surface area contributed by atoms with Gasteiger partial charge in [-0.05, 0) is 6.07 Å². The number of aromatic carboxylic acids is 1. The highest BCUT2D eigenvalue weighted by Gasteiger charge is 2.31. The minimum atomic E-state index is -0.967. The van der Waals surface area contributed by atoms with Gasteiger partial charge in [-0.15, -0.1) is 11.3 Å². The lowest BCUT2D eigenvalue weighted by atomic mass is 9.86. The minimum absolute atomic E-state index is 0.0418. The molecule has 0 aliphatic heterocycles. The smallest absolute Gasteiger partial charge is 0.336 e. The quantitative estimate of drug-likeness (QED) is 0.933. The molecule has 118 valence electrons. The van der Waals surface area contributed by atoms with Gasteiger partial charge in [0, 0.05) is 22.8 Å². The van der Waals surface area contributed by atoms with Gasteiger partial charge in [-0.1, -0.05) is 26.8 Å². The fraction of sp³-hybridized carbons (Fsp3) is 0.294. The first-order chi connectivity index (χ1) is 10.8. The molecular formula is C17H16N2O3S. The Hall–Kier alpha value is -2.34. The molecule has 0 amide bonds. The summed E-state index contributed by atoms with van der Waals surface area (Å²) in [6, 6.07) is 1.58. The van der Waals surface area contributed by atoms with Crippen molar-refractivity contribution in [2.45, 2.75) is 27.2 Å². The largest absolute Gasteiger partial charge is 0.478 e. The van der Waals surface area contributed by atoms with Crippen molar-refractivity contribution < 1.29 is 14.7 Å². The fourth-order valence-electron chi connectivity index (χ4n) is 2.38. The van der Waals surface area contributed by atoms with Gasteiger partial charge in [0.25, 0.3) is 0 Å². The molecule has 0 saturated carbocycles. The van der Waals surface area contributed by atoms with E-state index in [0.29, 0.717) is 23.4 Å². The van der Waals surface area contributed by atoms with E-state index in [2.05, 4.69) is 9.97 Å². The van der Waals surface area contributed by atoms with Crippen molar-refractivity contribution in [2.24, 2.45) is 5.41 Å². The molecule has 1 N–H and O–H groups in total. The van der Waals surface area contributed by atoms with Crippen LogP contribution in [0, 0.1) is 5.41 Å². The highest BCUT2D eigenvalue weighted by atomic mass is 32.1. The third-order valence-corrected chi connectivity index (χ3v) is 4.58. The Kier molecular flexibility index (Phi) is 3.64. The second-order valence-corrected chi connectivity index (χ2v) is 7.37. The number of rotatable bonds is 3. The zero-order valence-electron chi connectivity index (χ0n) is 13.1. The number of ketones is 1. The van der Waals surface area contributed by atoms with Crippen LogP contribution in [-0.2, 0) is 11.2 Å². The van der Waals surface area contributed by atoms with Gasteiger partial charge < -0.3 is 5.11 Å². The van der Waals surface area contributed by atoms with Crippen molar-refractivity contribution >= 4 is 28.7 Å². The summed E-state index contributed by atoms with van der Waals surface area (Å²) in [5.74, 6) is -0.926. The van der Waals surface area contributed by atoms with Crippen LogP contribution in [0.1, 0.15) is 42.5 Å². The van der Waals surface area contributed by atoms with Crippen LogP contribution in [0.2, 0.25) is 0 Å². The van der Waals surface area contributed by atoms with E-state index in [4.69, 9.17) is 5.11 Å². The molecule has 0 fully saturated rings. The Morgan fingerprint density at radius 3 is 2.65 bits per heavy atom. The van der Waals surface area contributed by atoms with Crippen LogP contribution in [0.15, 0.2) is 23.7 Å². The molecule has 6 heteroatoms. The SMILES string of the molecule is CC(C)(C)C(=O)C1=CCc2ncc(-c3cc(C(=O)O)cs3)nc21. The Balaban J connectivity index is 2.01. The van der Waals surface area contributed by atoms with E-state index >= 15 is 0 Å². The number of allylic oxidation sites excluding steroid dienone is 2. The number of carbonyl (C=O) groups excluding carboxylic acids is 1. The summed E-state index contributed by atoms with van der Waals surface area (Å²) in [5.41, 5.74) is 2.36. The summed E-state index contributed by atoms with van der Waals surface area (Å²) in [6.07, 6.45) is 4.11. The first kappa shape index (κ1) is 15.6. The molecule has 1 aliphatic carbocycles. The maximum Gasteiger partial charge on any atom is 0.336 e. The number of Topliss-reactive ketones (excluding diaryl/α,β-unsaturated/α-hetero) is 1. The Bertz CT molecular complexity index is 844. The second kappa shape index (κ2) is 5.38. The molecule has 0 spiro atoms. The molecule has 2 aromatic heterocycles. The predicted molar refractivity (Wildman–Crippen MR) is 88.4 cm³/mol. The summed E-state index contributed by atoms with van der Waals surface area (Å²) in [5, 5.41) is 10.6. The van der Waals surface area contributed by atoms with Crippen LogP contribution < -0.4 is 0 Å². The second-order valence-electron chi connectivity index (χ2n) is 6.46. The molecular weight excluding hydrogens is 312 g/mol. The van der Waals surface area contributed by atoms with Gasteiger partial charge in [0.2, 0.25) is 0 Å². The van der Waals surface area contributed by atoms with Crippen molar-refractivity contribution in [3.05, 3.63) is 40.7 Å². The Morgan fingerprint density at radius 2 is 2.04 bits per heavy atom. The molecule has 1 aliphatic rings. The first-order valence-electron chi connectivity index (χ1n) is 7.21. The van der Waals surface area contributed by atoms with E-state index < -0.39 is 11.4 Å². The molecule has 0 atom stereocenters. The number of aromatic nitrogens is 2. The fourth-order valence-corrected chi connectivity index (χ4v) is 3.22. The van der Waals surface area contributed by atoms with Crippen molar-refractivity contribution in [1.82, 2.24) is 9.97 Å². The maximum absolute atomic E-state index is 12.6. The average molecular weight is 328 g/mol. The van der Waals surface area contributed by atoms with E-state index in [9.17, 15) is 9.59 Å². The standard InChI is InChI=1S/C17H16N2O3S/c1-17(2,3)15(20)10-4-5-11-14(10)19-12(7-18-11)13-6-9(8-23-13)16(21)22/h4,6-8H,5H2,1-3H3,(H,21,22). The van der Waals surface area contributed by atoms with E-state index in [1.54, 1.807) is 17.6 Å². The Morgan fingerprint density at radius 1 is 1.30 bits per heavy atom. The molecule has 0 unspecified atom stereocenters. The number of hydrogen-bond acceptors (Lipinski definition) is 5. The summed E-state index contributed by atoms with van der Waals surface area (Å²) >= 11 is 1.30. The van der Waals surface area contributed by atoms with Crippen LogP contribution in [-0.4, -0.2) is 26.8 Å². The van der Waals surface area contributed by atoms with Crippen LogP contribution in [0.25, 0.3) is 16.1 Å². The summed E-state index contributed by atoms with van der Waals surface area (Å²) in [4.78, 5) is 33.3. The number of thiophene rings is 1. The number of fused-ring (bicyclic) bond motifs is 1. The molecule has 5 nitrogen and oxygen atoms in total. The van der Waals surface area contributed by atoms with Crippen molar-refractivity contribution in [3.63, 3.8) is 0 Å². The number of carbonyl (C=O) groups is 2. The topological polar surface area (TPSA) is 80.2 Å². The van der Waals surface area contributed by atoms with Crippen LogP contribution in [0.5, 0.6) is 0 Å². The molecule has 0 saturated heterocycles. The molecule has 0 bridgehead atoms. The van der Waals surface area contributed by atoms with E-state index in [-0.39, 0.29) is 11.3 Å². The van der Waals surface area contributed by atoms with Gasteiger partial charge in [-0.3, -0.25) is 9.78 Å². The van der Waals surface area contributed by atoms with Crippen molar-refractivity contribution in [2.75, 3.05) is 0 Å². The number of nitrogens with zero attached hydrogens (tertiary/aromatic N) is 2. The lowest BCUT2D eigenvalue weighted by molar-refractivity contribution is -0.120. The number of hydrogen-bond donors (Lipinski definition) is 1. The molecule has 3 rings (SSSR count). The number of carboxylic acid groups (broad SMARTS) is 1. The van der Waals surface area contributed by atoms with E-state index in [0.717, 1.165) is 10.6 Å². The van der Waals surface area contributed by atoms with Crippen LogP contribution in [0.4, 0.5) is 0 Å². The highest BCUT2D eigenvalue weighted by Crippen LogP contribution is 2.34. The van der Waals surface area contributed by atoms with Gasteiger partial charge in [-0.25, -0.2) is 9.78 Å². The van der Waals surface area contributed by atoms with Crippen LogP contribution in [0.3, 0.4) is 0 Å². The van der Waals surface area contributed by atoms with Gasteiger partial charge in [0.1, 0.15) is 0 Å². The van der Waals surface area contributed by atoms with Gasteiger partial charge in [0.05, 0.1) is 33.7 Å². The van der Waals surface area contributed by atoms with Gasteiger partial charge in [-0.2, -0.15) is 0 Å². The van der Waals surface area contributed by atoms with Crippen molar-refractivity contribution in [1.29, 1.82) is 0 Å². The van der Waals surface area contributed by atoms with Gasteiger partial charge >= 0.3 is 5.97 Å². The highest BCUT2D eigenvalue weighted by molar-refractivity contribution is 7.13. The van der Waals surface area contributed by atoms with Crippen molar-refractivity contribution in [3.8, 4) is 10.6 Å². The minimum Gasteiger partial charge on any atom is -0.478 e. The summed E-state index contributed by atoms with van der Waals surface area (Å²) in [7, 11) is 0.